The van der Waals surface area contributed by atoms with Gasteiger partial charge in [0.25, 0.3) is 5.91 Å². The summed E-state index contributed by atoms with van der Waals surface area (Å²) < 4.78 is 45.5. The second-order valence-electron chi connectivity index (χ2n) is 9.26. The van der Waals surface area contributed by atoms with Crippen LogP contribution >= 0.6 is 0 Å². The summed E-state index contributed by atoms with van der Waals surface area (Å²) in [5.41, 5.74) is 2.18. The van der Waals surface area contributed by atoms with Gasteiger partial charge in [0.2, 0.25) is 0 Å². The molecule has 0 aliphatic carbocycles. The molecule has 0 saturated heterocycles. The van der Waals surface area contributed by atoms with Crippen LogP contribution in [0, 0.1) is 6.92 Å². The zero-order valence-electron chi connectivity index (χ0n) is 19.9. The number of amides is 1. The van der Waals surface area contributed by atoms with E-state index in [4.69, 9.17) is 4.74 Å². The molecule has 0 spiro atoms. The molecule has 0 aliphatic heterocycles. The van der Waals surface area contributed by atoms with Gasteiger partial charge < -0.3 is 10.1 Å². The number of ether oxygens (including phenoxy) is 1. The van der Waals surface area contributed by atoms with Crippen molar-refractivity contribution in [1.82, 2.24) is 15.1 Å². The highest BCUT2D eigenvalue weighted by Crippen LogP contribution is 2.28. The fraction of sp³-hybridized carbons (Fsp3) is 0.385. The van der Waals surface area contributed by atoms with E-state index in [9.17, 15) is 18.0 Å². The van der Waals surface area contributed by atoms with Gasteiger partial charge >= 0.3 is 6.18 Å². The number of alkyl halides is 3. The maximum atomic E-state index is 12.8. The van der Waals surface area contributed by atoms with Crippen molar-refractivity contribution in [3.8, 4) is 5.75 Å². The highest BCUT2D eigenvalue weighted by molar-refractivity contribution is 5.94. The summed E-state index contributed by atoms with van der Waals surface area (Å²) in [5, 5.41) is 6.40. The number of hydrogen-bond acceptors (Lipinski definition) is 3. The third kappa shape index (κ3) is 6.85. The standard InChI is InChI=1S/C26H30F3N3O2/c1-18-15-23(26(27,28)29)31-32(18)14-6-13-30-24(33)20-8-5-7-19(16-20)17-34-22-11-9-21(10-12-22)25(2,3)4/h5,7-12,15-16H,6,13-14,17H2,1-4H3,(H,30,33). The summed E-state index contributed by atoms with van der Waals surface area (Å²) in [6.07, 6.45) is -4.01. The minimum Gasteiger partial charge on any atom is -0.489 e. The van der Waals surface area contributed by atoms with Crippen LogP contribution in [0.25, 0.3) is 0 Å². The van der Waals surface area contributed by atoms with Crippen LogP contribution in [0.1, 0.15) is 60.1 Å². The fourth-order valence-corrected chi connectivity index (χ4v) is 3.43. The Bertz CT molecular complexity index is 1110. The van der Waals surface area contributed by atoms with Gasteiger partial charge in [0.15, 0.2) is 5.69 Å². The molecule has 0 bridgehead atoms. The Kier molecular flexibility index (Phi) is 7.69. The largest absolute Gasteiger partial charge is 0.489 e. The third-order valence-electron chi connectivity index (χ3n) is 5.42. The molecule has 2 aromatic carbocycles. The molecule has 34 heavy (non-hydrogen) atoms. The number of halogens is 3. The summed E-state index contributed by atoms with van der Waals surface area (Å²) in [6.45, 7) is 8.97. The molecule has 0 fully saturated rings. The predicted molar refractivity (Wildman–Crippen MR) is 125 cm³/mol. The zero-order valence-corrected chi connectivity index (χ0v) is 19.9. The minimum atomic E-state index is -4.46. The number of carbonyl (C=O) groups excluding carboxylic acids is 1. The summed E-state index contributed by atoms with van der Waals surface area (Å²) in [6, 6.07) is 16.2. The highest BCUT2D eigenvalue weighted by atomic mass is 19.4. The van der Waals surface area contributed by atoms with Crippen molar-refractivity contribution in [3.63, 3.8) is 0 Å². The van der Waals surface area contributed by atoms with Crippen molar-refractivity contribution in [3.05, 3.63) is 82.7 Å². The Morgan fingerprint density at radius 3 is 2.38 bits per heavy atom. The molecule has 0 atom stereocenters. The first-order valence-corrected chi connectivity index (χ1v) is 11.2. The Balaban J connectivity index is 1.48. The van der Waals surface area contributed by atoms with E-state index in [0.29, 0.717) is 30.8 Å². The number of rotatable bonds is 8. The van der Waals surface area contributed by atoms with E-state index in [-0.39, 0.29) is 17.9 Å². The number of aryl methyl sites for hydroxylation is 2. The van der Waals surface area contributed by atoms with Crippen LogP contribution in [0.2, 0.25) is 0 Å². The van der Waals surface area contributed by atoms with E-state index in [2.05, 4.69) is 31.2 Å². The van der Waals surface area contributed by atoms with E-state index in [1.165, 1.54) is 10.2 Å². The number of benzene rings is 2. The maximum Gasteiger partial charge on any atom is 0.435 e. The minimum absolute atomic E-state index is 0.0729. The van der Waals surface area contributed by atoms with E-state index in [1.54, 1.807) is 25.1 Å². The van der Waals surface area contributed by atoms with Gasteiger partial charge in [-0.3, -0.25) is 9.48 Å². The van der Waals surface area contributed by atoms with E-state index >= 15 is 0 Å². The molecule has 1 aromatic heterocycles. The second kappa shape index (κ2) is 10.3. The van der Waals surface area contributed by atoms with Gasteiger partial charge in [-0.2, -0.15) is 18.3 Å². The van der Waals surface area contributed by atoms with E-state index in [0.717, 1.165) is 17.4 Å². The molecule has 3 aromatic rings. The summed E-state index contributed by atoms with van der Waals surface area (Å²) in [4.78, 5) is 12.5. The molecule has 8 heteroatoms. The number of hydrogen-bond donors (Lipinski definition) is 1. The van der Waals surface area contributed by atoms with Gasteiger partial charge in [0, 0.05) is 24.3 Å². The Labute approximate surface area is 197 Å². The molecule has 1 N–H and O–H groups in total. The number of aromatic nitrogens is 2. The van der Waals surface area contributed by atoms with E-state index in [1.807, 2.05) is 30.3 Å². The maximum absolute atomic E-state index is 12.8. The van der Waals surface area contributed by atoms with Gasteiger partial charge in [-0.05, 0) is 60.2 Å². The number of nitrogens with one attached hydrogen (secondary N) is 1. The van der Waals surface area contributed by atoms with Crippen molar-refractivity contribution in [2.75, 3.05) is 6.54 Å². The lowest BCUT2D eigenvalue weighted by Crippen LogP contribution is -2.25. The average Bonchev–Trinajstić information content (AvgIpc) is 3.16. The highest BCUT2D eigenvalue weighted by Gasteiger charge is 2.34. The molecule has 1 amide bonds. The van der Waals surface area contributed by atoms with Gasteiger partial charge in [-0.25, -0.2) is 0 Å². The lowest BCUT2D eigenvalue weighted by molar-refractivity contribution is -0.141. The molecular weight excluding hydrogens is 443 g/mol. The Morgan fingerprint density at radius 1 is 1.06 bits per heavy atom. The predicted octanol–water partition coefficient (Wildman–Crippen LogP) is 5.91. The second-order valence-corrected chi connectivity index (χ2v) is 9.26. The molecule has 3 rings (SSSR count). The Morgan fingerprint density at radius 2 is 1.76 bits per heavy atom. The van der Waals surface area contributed by atoms with Crippen LogP contribution in [0.5, 0.6) is 5.75 Å². The van der Waals surface area contributed by atoms with Crippen LogP contribution in [0.15, 0.2) is 54.6 Å². The topological polar surface area (TPSA) is 56.2 Å². The molecule has 182 valence electrons. The molecular formula is C26H30F3N3O2. The average molecular weight is 474 g/mol. The third-order valence-corrected chi connectivity index (χ3v) is 5.42. The monoisotopic (exact) mass is 473 g/mol. The van der Waals surface area contributed by atoms with E-state index < -0.39 is 11.9 Å². The van der Waals surface area contributed by atoms with Crippen molar-refractivity contribution >= 4 is 5.91 Å². The smallest absolute Gasteiger partial charge is 0.435 e. The van der Waals surface area contributed by atoms with Gasteiger partial charge in [0.05, 0.1) is 0 Å². The van der Waals surface area contributed by atoms with Crippen LogP contribution in [0.3, 0.4) is 0 Å². The quantitative estimate of drug-likeness (QED) is 0.414. The van der Waals surface area contributed by atoms with Crippen molar-refractivity contribution < 1.29 is 22.7 Å². The molecule has 5 nitrogen and oxygen atoms in total. The first-order valence-electron chi connectivity index (χ1n) is 11.2. The van der Waals surface area contributed by atoms with Crippen LogP contribution in [0.4, 0.5) is 13.2 Å². The fourth-order valence-electron chi connectivity index (χ4n) is 3.43. The molecule has 0 radical (unpaired) electrons. The first kappa shape index (κ1) is 25.3. The molecule has 0 saturated carbocycles. The Hall–Kier alpha value is -3.29. The summed E-state index contributed by atoms with van der Waals surface area (Å²) in [5.74, 6) is 0.509. The van der Waals surface area contributed by atoms with Crippen LogP contribution in [-0.2, 0) is 24.7 Å². The summed E-state index contributed by atoms with van der Waals surface area (Å²) in [7, 11) is 0. The summed E-state index contributed by atoms with van der Waals surface area (Å²) >= 11 is 0. The lowest BCUT2D eigenvalue weighted by atomic mass is 9.87. The number of carbonyl (C=O) groups is 1. The molecule has 0 aliphatic rings. The molecule has 1 heterocycles. The van der Waals surface area contributed by atoms with Crippen LogP contribution in [-0.4, -0.2) is 22.2 Å². The van der Waals surface area contributed by atoms with Crippen molar-refractivity contribution in [2.24, 2.45) is 0 Å². The van der Waals surface area contributed by atoms with Crippen LogP contribution < -0.4 is 10.1 Å². The molecule has 0 unspecified atom stereocenters. The van der Waals surface area contributed by atoms with Gasteiger partial charge in [0.1, 0.15) is 12.4 Å². The van der Waals surface area contributed by atoms with Gasteiger partial charge in [-0.15, -0.1) is 0 Å². The van der Waals surface area contributed by atoms with Crippen molar-refractivity contribution in [1.29, 1.82) is 0 Å². The number of nitrogens with zero attached hydrogens (tertiary/aromatic N) is 2. The SMILES string of the molecule is Cc1cc(C(F)(F)F)nn1CCCNC(=O)c1cccc(COc2ccc(C(C)(C)C)cc2)c1. The van der Waals surface area contributed by atoms with Crippen molar-refractivity contribution in [2.45, 2.75) is 58.9 Å². The first-order chi connectivity index (χ1) is 15.9. The van der Waals surface area contributed by atoms with Gasteiger partial charge in [-0.1, -0.05) is 45.0 Å². The normalized spacial score (nSPS) is 12.0. The zero-order chi connectivity index (χ0) is 24.9. The lowest BCUT2D eigenvalue weighted by Gasteiger charge is -2.19.